The Bertz CT molecular complexity index is 565. The lowest BCUT2D eigenvalue weighted by molar-refractivity contribution is -0.132. The third-order valence-corrected chi connectivity index (χ3v) is 3.92. The molecule has 3 heteroatoms. The van der Waals surface area contributed by atoms with Gasteiger partial charge in [-0.25, -0.2) is 0 Å². The molecule has 138 valence electrons. The van der Waals surface area contributed by atoms with Crippen LogP contribution in [0.4, 0.5) is 0 Å². The first-order valence-electron chi connectivity index (χ1n) is 9.15. The fourth-order valence-electron chi connectivity index (χ4n) is 2.51. The largest absolute Gasteiger partial charge is 0.376 e. The third-order valence-electron chi connectivity index (χ3n) is 3.92. The number of ketones is 2. The minimum absolute atomic E-state index is 0.0273. The molecular formula is C22H32O3. The smallest absolute Gasteiger partial charge is 0.166 e. The number of carbonyl (C=O) groups excluding carboxylic acids is 2. The van der Waals surface area contributed by atoms with Gasteiger partial charge in [-0.2, -0.15) is 0 Å². The van der Waals surface area contributed by atoms with E-state index >= 15 is 0 Å². The molecule has 1 atom stereocenters. The summed E-state index contributed by atoms with van der Waals surface area (Å²) in [5.74, 6) is -0.752. The van der Waals surface area contributed by atoms with Crippen LogP contribution in [0.1, 0.15) is 59.4 Å². The molecule has 0 aliphatic rings. The Labute approximate surface area is 152 Å². The fourth-order valence-corrected chi connectivity index (χ4v) is 2.51. The highest BCUT2D eigenvalue weighted by atomic mass is 16.5. The van der Waals surface area contributed by atoms with Crippen molar-refractivity contribution in [3.63, 3.8) is 0 Å². The highest BCUT2D eigenvalue weighted by Crippen LogP contribution is 2.18. The van der Waals surface area contributed by atoms with Crippen molar-refractivity contribution in [3.8, 4) is 0 Å². The molecule has 1 aromatic rings. The second-order valence-electron chi connectivity index (χ2n) is 7.71. The molecule has 1 unspecified atom stereocenters. The lowest BCUT2D eigenvalue weighted by Crippen LogP contribution is -2.27. The third kappa shape index (κ3) is 8.78. The first kappa shape index (κ1) is 21.3. The van der Waals surface area contributed by atoms with Crippen LogP contribution < -0.4 is 0 Å². The Balaban J connectivity index is 2.62. The van der Waals surface area contributed by atoms with Crippen LogP contribution in [0.25, 0.3) is 6.08 Å². The number of Topliss-reactive ketones (excluding diaryl/α,β-unsaturated/α-hetero) is 1. The Morgan fingerprint density at radius 1 is 1.08 bits per heavy atom. The van der Waals surface area contributed by atoms with Gasteiger partial charge in [0.25, 0.3) is 0 Å². The van der Waals surface area contributed by atoms with Crippen LogP contribution in [0, 0.1) is 11.8 Å². The zero-order chi connectivity index (χ0) is 18.9. The van der Waals surface area contributed by atoms with Crippen molar-refractivity contribution >= 4 is 17.6 Å². The van der Waals surface area contributed by atoms with Gasteiger partial charge >= 0.3 is 0 Å². The summed E-state index contributed by atoms with van der Waals surface area (Å²) in [5.41, 5.74) is 0.812. The van der Waals surface area contributed by atoms with E-state index in [9.17, 15) is 9.59 Å². The van der Waals surface area contributed by atoms with E-state index in [2.05, 4.69) is 0 Å². The lowest BCUT2D eigenvalue weighted by atomic mass is 9.87. The number of ether oxygens (including phenoxy) is 1. The average molecular weight is 344 g/mol. The maximum Gasteiger partial charge on any atom is 0.166 e. The predicted octanol–water partition coefficient (Wildman–Crippen LogP) is 5.10. The van der Waals surface area contributed by atoms with Crippen molar-refractivity contribution in [2.45, 2.75) is 59.5 Å². The normalized spacial score (nSPS) is 13.4. The quantitative estimate of drug-likeness (QED) is 0.337. The van der Waals surface area contributed by atoms with Crippen LogP contribution in [0.2, 0.25) is 0 Å². The van der Waals surface area contributed by atoms with E-state index in [0.717, 1.165) is 18.4 Å². The minimum Gasteiger partial charge on any atom is -0.376 e. The number of unbranched alkanes of at least 4 members (excludes halogenated alkanes) is 1. The van der Waals surface area contributed by atoms with Gasteiger partial charge in [0.05, 0.1) is 11.5 Å². The van der Waals surface area contributed by atoms with Gasteiger partial charge in [-0.05, 0) is 51.7 Å². The van der Waals surface area contributed by atoms with Crippen molar-refractivity contribution in [2.75, 3.05) is 6.61 Å². The van der Waals surface area contributed by atoms with Crippen LogP contribution in [0.3, 0.4) is 0 Å². The van der Waals surface area contributed by atoms with Gasteiger partial charge in [0.15, 0.2) is 5.78 Å². The summed E-state index contributed by atoms with van der Waals surface area (Å²) in [4.78, 5) is 25.0. The van der Waals surface area contributed by atoms with E-state index in [1.807, 2.05) is 65.0 Å². The zero-order valence-corrected chi connectivity index (χ0v) is 16.2. The van der Waals surface area contributed by atoms with E-state index in [-0.39, 0.29) is 23.1 Å². The maximum absolute atomic E-state index is 12.5. The first-order valence-corrected chi connectivity index (χ1v) is 9.15. The van der Waals surface area contributed by atoms with E-state index in [1.165, 1.54) is 0 Å². The molecule has 0 amide bonds. The summed E-state index contributed by atoms with van der Waals surface area (Å²) in [6.45, 7) is 10.4. The summed E-state index contributed by atoms with van der Waals surface area (Å²) < 4.78 is 5.70. The number of carbonyl (C=O) groups is 2. The minimum atomic E-state index is -0.547. The predicted molar refractivity (Wildman–Crippen MR) is 103 cm³/mol. The van der Waals surface area contributed by atoms with Gasteiger partial charge in [0.1, 0.15) is 5.78 Å². The van der Waals surface area contributed by atoms with Crippen LogP contribution in [0.15, 0.2) is 36.4 Å². The maximum atomic E-state index is 12.5. The molecule has 0 aromatic heterocycles. The topological polar surface area (TPSA) is 43.4 Å². The summed E-state index contributed by atoms with van der Waals surface area (Å²) >= 11 is 0. The number of allylic oxidation sites excluding steroid dienone is 1. The highest BCUT2D eigenvalue weighted by molar-refractivity contribution is 6.09. The molecule has 0 N–H and O–H groups in total. The van der Waals surface area contributed by atoms with E-state index in [0.29, 0.717) is 13.0 Å². The fraction of sp³-hybridized carbons (Fsp3) is 0.545. The summed E-state index contributed by atoms with van der Waals surface area (Å²) in [5, 5.41) is 0. The molecule has 0 spiro atoms. The van der Waals surface area contributed by atoms with Gasteiger partial charge in [-0.1, -0.05) is 50.3 Å². The van der Waals surface area contributed by atoms with Crippen molar-refractivity contribution in [3.05, 3.63) is 42.0 Å². The Morgan fingerprint density at radius 3 is 2.28 bits per heavy atom. The average Bonchev–Trinajstić information content (AvgIpc) is 2.55. The molecule has 0 heterocycles. The standard InChI is InChI=1S/C22H32O3/c1-17(2)21(24)19(13-9-10-16-25-22(3,4)5)20(23)15-14-18-11-7-6-8-12-18/h6-8,11-12,14-15,17,19H,9-10,13,16H2,1-5H3/b15-14+. The van der Waals surface area contributed by atoms with Gasteiger partial charge in [0.2, 0.25) is 0 Å². The molecule has 0 aliphatic heterocycles. The van der Waals surface area contributed by atoms with Crippen molar-refractivity contribution in [2.24, 2.45) is 11.8 Å². The Morgan fingerprint density at radius 2 is 1.72 bits per heavy atom. The van der Waals surface area contributed by atoms with E-state index in [4.69, 9.17) is 4.74 Å². The lowest BCUT2D eigenvalue weighted by Gasteiger charge is -2.20. The summed E-state index contributed by atoms with van der Waals surface area (Å²) in [7, 11) is 0. The number of hydrogen-bond acceptors (Lipinski definition) is 3. The molecule has 0 saturated carbocycles. The first-order chi connectivity index (χ1) is 11.7. The molecule has 0 fully saturated rings. The second-order valence-corrected chi connectivity index (χ2v) is 7.71. The summed E-state index contributed by atoms with van der Waals surface area (Å²) in [6.07, 6.45) is 5.58. The number of rotatable bonds is 10. The molecule has 3 nitrogen and oxygen atoms in total. The van der Waals surface area contributed by atoms with Crippen LogP contribution in [0.5, 0.6) is 0 Å². The molecule has 25 heavy (non-hydrogen) atoms. The van der Waals surface area contributed by atoms with Crippen LogP contribution in [-0.2, 0) is 14.3 Å². The highest BCUT2D eigenvalue weighted by Gasteiger charge is 2.26. The number of benzene rings is 1. The van der Waals surface area contributed by atoms with Crippen LogP contribution in [-0.4, -0.2) is 23.8 Å². The van der Waals surface area contributed by atoms with Gasteiger partial charge in [-0.3, -0.25) is 9.59 Å². The van der Waals surface area contributed by atoms with Crippen molar-refractivity contribution < 1.29 is 14.3 Å². The van der Waals surface area contributed by atoms with Crippen molar-refractivity contribution in [1.29, 1.82) is 0 Å². The molecular weight excluding hydrogens is 312 g/mol. The van der Waals surface area contributed by atoms with Crippen molar-refractivity contribution in [1.82, 2.24) is 0 Å². The van der Waals surface area contributed by atoms with E-state index in [1.54, 1.807) is 12.2 Å². The monoisotopic (exact) mass is 344 g/mol. The molecule has 1 aromatic carbocycles. The van der Waals surface area contributed by atoms with Crippen LogP contribution >= 0.6 is 0 Å². The zero-order valence-electron chi connectivity index (χ0n) is 16.2. The number of hydrogen-bond donors (Lipinski definition) is 0. The molecule has 0 bridgehead atoms. The molecule has 0 radical (unpaired) electrons. The molecule has 0 saturated heterocycles. The molecule has 1 rings (SSSR count). The molecule has 0 aliphatic carbocycles. The van der Waals surface area contributed by atoms with Gasteiger partial charge in [-0.15, -0.1) is 0 Å². The SMILES string of the molecule is CC(C)C(=O)C(CCCCOC(C)(C)C)C(=O)/C=C/c1ccccc1. The van der Waals surface area contributed by atoms with E-state index < -0.39 is 5.92 Å². The van der Waals surface area contributed by atoms with Gasteiger partial charge in [0, 0.05) is 12.5 Å². The summed E-state index contributed by atoms with van der Waals surface area (Å²) in [6, 6.07) is 9.66. The Hall–Kier alpha value is -1.74. The van der Waals surface area contributed by atoms with Gasteiger partial charge < -0.3 is 4.74 Å². The second kappa shape index (κ2) is 10.3. The Kier molecular flexibility index (Phi) is 8.77.